The molecule has 0 aliphatic carbocycles. The highest BCUT2D eigenvalue weighted by molar-refractivity contribution is 6.31. The molecular weight excluding hydrogens is 262 g/mol. The number of nitriles is 1. The Morgan fingerprint density at radius 1 is 1.11 bits per heavy atom. The van der Waals surface area contributed by atoms with E-state index >= 15 is 0 Å². The second-order valence-electron chi connectivity index (χ2n) is 3.76. The van der Waals surface area contributed by atoms with Crippen molar-refractivity contribution in [2.24, 2.45) is 0 Å². The van der Waals surface area contributed by atoms with Crippen molar-refractivity contribution < 1.29 is 9.47 Å². The highest BCUT2D eigenvalue weighted by atomic mass is 35.5. The molecule has 4 heteroatoms. The van der Waals surface area contributed by atoms with Gasteiger partial charge in [0, 0.05) is 12.1 Å². The van der Waals surface area contributed by atoms with Gasteiger partial charge in [0.1, 0.15) is 23.3 Å². The van der Waals surface area contributed by atoms with Crippen LogP contribution < -0.4 is 9.47 Å². The summed E-state index contributed by atoms with van der Waals surface area (Å²) in [6, 6.07) is 14.3. The van der Waals surface area contributed by atoms with Crippen molar-refractivity contribution in [3.05, 3.63) is 53.1 Å². The van der Waals surface area contributed by atoms with Crippen molar-refractivity contribution in [3.8, 4) is 23.3 Å². The van der Waals surface area contributed by atoms with Crippen molar-refractivity contribution in [2.75, 3.05) is 6.61 Å². The molecule has 2 rings (SSSR count). The summed E-state index contributed by atoms with van der Waals surface area (Å²) in [5.74, 6) is 1.99. The summed E-state index contributed by atoms with van der Waals surface area (Å²) in [6.45, 7) is 2.53. The molecule has 0 aromatic heterocycles. The lowest BCUT2D eigenvalue weighted by atomic mass is 10.2. The fourth-order valence-corrected chi connectivity index (χ4v) is 1.79. The predicted octanol–water partition coefficient (Wildman–Crippen LogP) is 4.40. The standard InChI is InChI=1S/C15H12ClNO2/c1-2-18-12-4-3-5-13(8-12)19-14-7-6-11(10-17)15(16)9-14/h3-9H,2H2,1H3. The summed E-state index contributed by atoms with van der Waals surface area (Å²) in [5, 5.41) is 9.18. The van der Waals surface area contributed by atoms with E-state index < -0.39 is 0 Å². The third-order valence-electron chi connectivity index (χ3n) is 2.41. The molecular formula is C15H12ClNO2. The van der Waals surface area contributed by atoms with Crippen LogP contribution >= 0.6 is 11.6 Å². The summed E-state index contributed by atoms with van der Waals surface area (Å²) >= 11 is 5.95. The number of hydrogen-bond donors (Lipinski definition) is 0. The molecule has 0 aliphatic rings. The van der Waals surface area contributed by atoms with Crippen LogP contribution in [0.15, 0.2) is 42.5 Å². The maximum absolute atomic E-state index is 8.80. The van der Waals surface area contributed by atoms with E-state index in [0.717, 1.165) is 5.75 Å². The molecule has 19 heavy (non-hydrogen) atoms. The highest BCUT2D eigenvalue weighted by Crippen LogP contribution is 2.28. The van der Waals surface area contributed by atoms with Crippen LogP contribution in [0.3, 0.4) is 0 Å². The van der Waals surface area contributed by atoms with Gasteiger partial charge in [-0.25, -0.2) is 0 Å². The lowest BCUT2D eigenvalue weighted by Gasteiger charge is -2.08. The second-order valence-corrected chi connectivity index (χ2v) is 4.17. The Bertz CT molecular complexity index is 620. The molecule has 0 atom stereocenters. The zero-order chi connectivity index (χ0) is 13.7. The Kier molecular flexibility index (Phi) is 4.27. The van der Waals surface area contributed by atoms with Crippen molar-refractivity contribution in [1.29, 1.82) is 5.26 Å². The van der Waals surface area contributed by atoms with Gasteiger partial charge in [0.05, 0.1) is 17.2 Å². The van der Waals surface area contributed by atoms with Gasteiger partial charge in [0.15, 0.2) is 0 Å². The Morgan fingerprint density at radius 3 is 2.53 bits per heavy atom. The largest absolute Gasteiger partial charge is 0.494 e. The highest BCUT2D eigenvalue weighted by Gasteiger charge is 2.04. The zero-order valence-electron chi connectivity index (χ0n) is 10.4. The molecule has 0 bridgehead atoms. The molecule has 0 aliphatic heterocycles. The summed E-state index contributed by atoms with van der Waals surface area (Å²) in [7, 11) is 0. The van der Waals surface area contributed by atoms with Crippen LogP contribution in [0.2, 0.25) is 5.02 Å². The SMILES string of the molecule is CCOc1cccc(Oc2ccc(C#N)c(Cl)c2)c1. The molecule has 96 valence electrons. The summed E-state index contributed by atoms with van der Waals surface area (Å²) in [5.41, 5.74) is 0.428. The third-order valence-corrected chi connectivity index (χ3v) is 2.73. The van der Waals surface area contributed by atoms with Gasteiger partial charge in [-0.05, 0) is 31.2 Å². The first-order chi connectivity index (χ1) is 9.22. The number of hydrogen-bond acceptors (Lipinski definition) is 3. The molecule has 0 N–H and O–H groups in total. The molecule has 0 heterocycles. The summed E-state index contributed by atoms with van der Waals surface area (Å²) in [4.78, 5) is 0. The minimum absolute atomic E-state index is 0.376. The normalized spacial score (nSPS) is 9.74. The van der Waals surface area contributed by atoms with Gasteiger partial charge in [-0.2, -0.15) is 5.26 Å². The van der Waals surface area contributed by atoms with E-state index in [1.165, 1.54) is 0 Å². The lowest BCUT2D eigenvalue weighted by Crippen LogP contribution is -1.92. The monoisotopic (exact) mass is 273 g/mol. The molecule has 0 radical (unpaired) electrons. The first kappa shape index (κ1) is 13.3. The maximum atomic E-state index is 8.80. The van der Waals surface area contributed by atoms with Crippen LogP contribution in [-0.2, 0) is 0 Å². The van der Waals surface area contributed by atoms with Crippen molar-refractivity contribution >= 4 is 11.6 Å². The third kappa shape index (κ3) is 3.40. The summed E-state index contributed by atoms with van der Waals surface area (Å²) in [6.07, 6.45) is 0. The summed E-state index contributed by atoms with van der Waals surface area (Å²) < 4.78 is 11.1. The molecule has 0 fully saturated rings. The minimum atomic E-state index is 0.376. The van der Waals surface area contributed by atoms with E-state index in [4.69, 9.17) is 26.3 Å². The van der Waals surface area contributed by atoms with Crippen LogP contribution in [0.1, 0.15) is 12.5 Å². The van der Waals surface area contributed by atoms with Gasteiger partial charge < -0.3 is 9.47 Å². The molecule has 0 saturated heterocycles. The van der Waals surface area contributed by atoms with Crippen LogP contribution in [-0.4, -0.2) is 6.61 Å². The quantitative estimate of drug-likeness (QED) is 0.829. The van der Waals surface area contributed by atoms with E-state index in [2.05, 4.69) is 0 Å². The number of rotatable bonds is 4. The van der Waals surface area contributed by atoms with E-state index in [9.17, 15) is 0 Å². The zero-order valence-corrected chi connectivity index (χ0v) is 11.1. The number of halogens is 1. The van der Waals surface area contributed by atoms with Gasteiger partial charge in [0.25, 0.3) is 0 Å². The average molecular weight is 274 g/mol. The molecule has 0 unspecified atom stereocenters. The van der Waals surface area contributed by atoms with Gasteiger partial charge >= 0.3 is 0 Å². The Hall–Kier alpha value is -2.18. The van der Waals surface area contributed by atoms with Gasteiger partial charge in [-0.3, -0.25) is 0 Å². The lowest BCUT2D eigenvalue weighted by molar-refractivity contribution is 0.338. The van der Waals surface area contributed by atoms with Crippen molar-refractivity contribution in [2.45, 2.75) is 6.92 Å². The average Bonchev–Trinajstić information content (AvgIpc) is 2.40. The Labute approximate surface area is 117 Å². The minimum Gasteiger partial charge on any atom is -0.494 e. The number of benzene rings is 2. The van der Waals surface area contributed by atoms with E-state index in [-0.39, 0.29) is 0 Å². The van der Waals surface area contributed by atoms with E-state index in [1.807, 2.05) is 31.2 Å². The van der Waals surface area contributed by atoms with E-state index in [0.29, 0.717) is 28.7 Å². The topological polar surface area (TPSA) is 42.2 Å². The van der Waals surface area contributed by atoms with Gasteiger partial charge in [0.2, 0.25) is 0 Å². The first-order valence-electron chi connectivity index (χ1n) is 5.83. The molecule has 2 aromatic rings. The Balaban J connectivity index is 2.19. The number of nitrogens with zero attached hydrogens (tertiary/aromatic N) is 1. The maximum Gasteiger partial charge on any atom is 0.131 e. The van der Waals surface area contributed by atoms with Crippen LogP contribution in [0.25, 0.3) is 0 Å². The fraction of sp³-hybridized carbons (Fsp3) is 0.133. The van der Waals surface area contributed by atoms with Crippen LogP contribution in [0.5, 0.6) is 17.2 Å². The molecule has 2 aromatic carbocycles. The van der Waals surface area contributed by atoms with Crippen LogP contribution in [0.4, 0.5) is 0 Å². The predicted molar refractivity (Wildman–Crippen MR) is 73.9 cm³/mol. The number of ether oxygens (including phenoxy) is 2. The van der Waals surface area contributed by atoms with Crippen molar-refractivity contribution in [1.82, 2.24) is 0 Å². The Morgan fingerprint density at radius 2 is 1.84 bits per heavy atom. The smallest absolute Gasteiger partial charge is 0.131 e. The fourth-order valence-electron chi connectivity index (χ4n) is 1.58. The molecule has 3 nitrogen and oxygen atoms in total. The molecule has 0 amide bonds. The second kappa shape index (κ2) is 6.12. The van der Waals surface area contributed by atoms with Crippen LogP contribution in [0, 0.1) is 11.3 Å². The molecule has 0 spiro atoms. The van der Waals surface area contributed by atoms with Gasteiger partial charge in [-0.15, -0.1) is 0 Å². The van der Waals surface area contributed by atoms with Crippen molar-refractivity contribution in [3.63, 3.8) is 0 Å². The first-order valence-corrected chi connectivity index (χ1v) is 6.21. The molecule has 0 saturated carbocycles. The van der Waals surface area contributed by atoms with E-state index in [1.54, 1.807) is 24.3 Å². The van der Waals surface area contributed by atoms with Gasteiger partial charge in [-0.1, -0.05) is 17.7 Å².